The molecule has 1 aliphatic heterocycles. The number of amidine groups is 1. The molecule has 0 saturated carbocycles. The maximum Gasteiger partial charge on any atom is 0.242 e. The Labute approximate surface area is 152 Å². The van der Waals surface area contributed by atoms with Crippen LogP contribution in [-0.4, -0.2) is 27.4 Å². The van der Waals surface area contributed by atoms with Gasteiger partial charge in [0.1, 0.15) is 0 Å². The lowest BCUT2D eigenvalue weighted by molar-refractivity contribution is -0.126. The molecule has 0 spiro atoms. The molecule has 3 rings (SSSR count). The first-order chi connectivity index (χ1) is 12.2. The molecule has 1 heterocycles. The van der Waals surface area contributed by atoms with Gasteiger partial charge in [0.15, 0.2) is 5.17 Å². The second-order valence-electron chi connectivity index (χ2n) is 5.90. The molecule has 1 fully saturated rings. The minimum Gasteiger partial charge on any atom is -0.284 e. The smallest absolute Gasteiger partial charge is 0.242 e. The highest BCUT2D eigenvalue weighted by Crippen LogP contribution is 2.31. The van der Waals surface area contributed by atoms with E-state index >= 15 is 0 Å². The molecule has 1 atom stereocenters. The van der Waals surface area contributed by atoms with E-state index < -0.39 is 0 Å². The van der Waals surface area contributed by atoms with Gasteiger partial charge in [0.2, 0.25) is 5.91 Å². The summed E-state index contributed by atoms with van der Waals surface area (Å²) in [6, 6.07) is 17.9. The van der Waals surface area contributed by atoms with E-state index in [2.05, 4.69) is 29.3 Å². The summed E-state index contributed by atoms with van der Waals surface area (Å²) in [4.78, 5) is 14.4. The van der Waals surface area contributed by atoms with E-state index in [0.717, 1.165) is 17.5 Å². The van der Waals surface area contributed by atoms with Gasteiger partial charge in [-0.3, -0.25) is 9.69 Å². The molecule has 5 heteroatoms. The van der Waals surface area contributed by atoms with Crippen molar-refractivity contribution in [1.82, 2.24) is 4.90 Å². The molecule has 1 unspecified atom stereocenters. The Morgan fingerprint density at radius 1 is 1.12 bits per heavy atom. The average molecular weight is 351 g/mol. The van der Waals surface area contributed by atoms with Crippen LogP contribution in [0.25, 0.3) is 0 Å². The van der Waals surface area contributed by atoms with Crippen LogP contribution in [-0.2, 0) is 11.3 Å². The monoisotopic (exact) mass is 351 g/mol. The Balaban J connectivity index is 1.82. The van der Waals surface area contributed by atoms with Crippen LogP contribution in [0.1, 0.15) is 30.0 Å². The van der Waals surface area contributed by atoms with Gasteiger partial charge in [0, 0.05) is 0 Å². The molecular weight excluding hydrogens is 330 g/mol. The van der Waals surface area contributed by atoms with Crippen LogP contribution in [0, 0.1) is 6.92 Å². The first-order valence-electron chi connectivity index (χ1n) is 8.37. The fourth-order valence-electron chi connectivity index (χ4n) is 2.63. The van der Waals surface area contributed by atoms with E-state index in [1.165, 1.54) is 17.3 Å². The van der Waals surface area contributed by atoms with Crippen LogP contribution in [0.5, 0.6) is 0 Å². The predicted octanol–water partition coefficient (Wildman–Crippen LogP) is 4.24. The molecule has 0 bridgehead atoms. The molecular formula is C20H21N3OS. The Hall–Kier alpha value is -2.40. The minimum atomic E-state index is -0.0744. The van der Waals surface area contributed by atoms with Crippen molar-refractivity contribution in [3.05, 3.63) is 71.3 Å². The van der Waals surface area contributed by atoms with Gasteiger partial charge in [-0.25, -0.2) is 0 Å². The number of thioether (sulfide) groups is 1. The topological polar surface area (TPSA) is 45.0 Å². The van der Waals surface area contributed by atoms with E-state index in [1.807, 2.05) is 49.4 Å². The third kappa shape index (κ3) is 4.17. The van der Waals surface area contributed by atoms with Crippen LogP contribution in [0.2, 0.25) is 0 Å². The van der Waals surface area contributed by atoms with Crippen molar-refractivity contribution in [2.24, 2.45) is 10.2 Å². The quantitative estimate of drug-likeness (QED) is 0.597. The third-order valence-corrected chi connectivity index (χ3v) is 5.46. The summed E-state index contributed by atoms with van der Waals surface area (Å²) in [6.45, 7) is 4.62. The Kier molecular flexibility index (Phi) is 5.66. The van der Waals surface area contributed by atoms with E-state index in [-0.39, 0.29) is 11.2 Å². The lowest BCUT2D eigenvalue weighted by Gasteiger charge is -2.17. The van der Waals surface area contributed by atoms with Gasteiger partial charge in [-0.05, 0) is 30.0 Å². The van der Waals surface area contributed by atoms with Gasteiger partial charge in [0.05, 0.1) is 18.0 Å². The van der Waals surface area contributed by atoms with Crippen LogP contribution in [0.4, 0.5) is 0 Å². The minimum absolute atomic E-state index is 0.0744. The van der Waals surface area contributed by atoms with Crippen LogP contribution in [0.15, 0.2) is 64.8 Å². The Morgan fingerprint density at radius 2 is 1.84 bits per heavy atom. The highest BCUT2D eigenvalue weighted by molar-refractivity contribution is 8.15. The maximum absolute atomic E-state index is 12.7. The van der Waals surface area contributed by atoms with Crippen molar-refractivity contribution in [2.75, 3.05) is 0 Å². The van der Waals surface area contributed by atoms with E-state index in [1.54, 1.807) is 11.1 Å². The number of carbonyl (C=O) groups excluding carboxylic acids is 1. The standard InChI is InChI=1S/C20H21N3OS/c1-3-18-19(24)23(14-17-12-8-7-9-15(17)2)20(25-18)22-21-13-16-10-5-4-6-11-16/h4-13,18H,3,14H2,1-2H3/b21-13+,22-20-. The highest BCUT2D eigenvalue weighted by atomic mass is 32.2. The van der Waals surface area contributed by atoms with Crippen molar-refractivity contribution in [1.29, 1.82) is 0 Å². The normalized spacial score (nSPS) is 19.3. The van der Waals surface area contributed by atoms with Crippen LogP contribution >= 0.6 is 11.8 Å². The van der Waals surface area contributed by atoms with Crippen molar-refractivity contribution in [2.45, 2.75) is 32.1 Å². The van der Waals surface area contributed by atoms with Gasteiger partial charge in [-0.15, -0.1) is 5.10 Å². The molecule has 2 aromatic rings. The molecule has 0 N–H and O–H groups in total. The summed E-state index contributed by atoms with van der Waals surface area (Å²) in [6.07, 6.45) is 2.50. The molecule has 1 amide bonds. The zero-order valence-electron chi connectivity index (χ0n) is 14.4. The zero-order valence-corrected chi connectivity index (χ0v) is 15.2. The summed E-state index contributed by atoms with van der Waals surface area (Å²) in [5.74, 6) is 0.115. The largest absolute Gasteiger partial charge is 0.284 e. The average Bonchev–Trinajstić information content (AvgIpc) is 2.93. The summed E-state index contributed by atoms with van der Waals surface area (Å²) in [7, 11) is 0. The van der Waals surface area contributed by atoms with Gasteiger partial charge >= 0.3 is 0 Å². The lowest BCUT2D eigenvalue weighted by atomic mass is 10.1. The molecule has 128 valence electrons. The summed E-state index contributed by atoms with van der Waals surface area (Å²) >= 11 is 1.50. The molecule has 0 aromatic heterocycles. The van der Waals surface area contributed by atoms with Gasteiger partial charge in [-0.2, -0.15) is 5.10 Å². The number of amides is 1. The first-order valence-corrected chi connectivity index (χ1v) is 9.25. The summed E-state index contributed by atoms with van der Waals surface area (Å²) < 4.78 is 0. The molecule has 25 heavy (non-hydrogen) atoms. The lowest BCUT2D eigenvalue weighted by Crippen LogP contribution is -2.31. The van der Waals surface area contributed by atoms with E-state index in [4.69, 9.17) is 0 Å². The fraction of sp³-hybridized carbons (Fsp3) is 0.250. The van der Waals surface area contributed by atoms with Gasteiger partial charge < -0.3 is 0 Å². The summed E-state index contributed by atoms with van der Waals surface area (Å²) in [5.41, 5.74) is 3.29. The predicted molar refractivity (Wildman–Crippen MR) is 105 cm³/mol. The Bertz CT molecular complexity index is 802. The van der Waals surface area contributed by atoms with Crippen molar-refractivity contribution >= 4 is 29.1 Å². The van der Waals surface area contributed by atoms with E-state index in [0.29, 0.717) is 11.7 Å². The SMILES string of the molecule is CCC1S/C(=N\N=C\c2ccccc2)N(Cc2ccccc2C)C1=O. The van der Waals surface area contributed by atoms with Crippen molar-refractivity contribution < 1.29 is 4.79 Å². The summed E-state index contributed by atoms with van der Waals surface area (Å²) in [5, 5.41) is 9.12. The number of hydrogen-bond acceptors (Lipinski definition) is 4. The fourth-order valence-corrected chi connectivity index (χ4v) is 3.66. The van der Waals surface area contributed by atoms with Gasteiger partial charge in [-0.1, -0.05) is 73.3 Å². The second-order valence-corrected chi connectivity index (χ2v) is 7.07. The van der Waals surface area contributed by atoms with Gasteiger partial charge in [0.25, 0.3) is 0 Å². The molecule has 2 aromatic carbocycles. The molecule has 4 nitrogen and oxygen atoms in total. The molecule has 1 saturated heterocycles. The number of benzene rings is 2. The first kappa shape index (κ1) is 17.4. The molecule has 1 aliphatic rings. The Morgan fingerprint density at radius 3 is 2.56 bits per heavy atom. The number of nitrogens with zero attached hydrogens (tertiary/aromatic N) is 3. The third-order valence-electron chi connectivity index (χ3n) is 4.13. The number of rotatable bonds is 5. The van der Waals surface area contributed by atoms with E-state index in [9.17, 15) is 4.79 Å². The van der Waals surface area contributed by atoms with Crippen LogP contribution in [0.3, 0.4) is 0 Å². The number of aryl methyl sites for hydroxylation is 1. The van der Waals surface area contributed by atoms with Crippen molar-refractivity contribution in [3.63, 3.8) is 0 Å². The highest BCUT2D eigenvalue weighted by Gasteiger charge is 2.37. The van der Waals surface area contributed by atoms with Crippen LogP contribution < -0.4 is 0 Å². The van der Waals surface area contributed by atoms with Crippen molar-refractivity contribution in [3.8, 4) is 0 Å². The molecule has 0 aliphatic carbocycles. The second kappa shape index (κ2) is 8.12. The zero-order chi connectivity index (χ0) is 17.6. The maximum atomic E-state index is 12.7. The number of carbonyl (C=O) groups is 1. The number of hydrogen-bond donors (Lipinski definition) is 0. The molecule has 0 radical (unpaired) electrons.